The molecule has 168 valence electrons. The molecule has 1 fully saturated rings. The first-order valence-electron chi connectivity index (χ1n) is 10.4. The third kappa shape index (κ3) is 6.25. The molecule has 0 unspecified atom stereocenters. The van der Waals surface area contributed by atoms with Crippen molar-refractivity contribution in [1.82, 2.24) is 4.90 Å². The molecule has 31 heavy (non-hydrogen) atoms. The number of nitrogens with zero attached hydrogens (tertiary/aromatic N) is 1. The number of rotatable bonds is 7. The number of aliphatic hydroxyl groups excluding tert-OH is 1. The van der Waals surface area contributed by atoms with Gasteiger partial charge in [0, 0.05) is 40.9 Å². The number of fused-ring (bicyclic) bond motifs is 1. The predicted molar refractivity (Wildman–Crippen MR) is 132 cm³/mol. The van der Waals surface area contributed by atoms with E-state index in [1.54, 1.807) is 26.5 Å². The van der Waals surface area contributed by atoms with Crippen LogP contribution < -0.4 is 5.73 Å². The highest BCUT2D eigenvalue weighted by Gasteiger charge is 2.28. The van der Waals surface area contributed by atoms with Gasteiger partial charge in [0.15, 0.2) is 0 Å². The first-order chi connectivity index (χ1) is 15.0. The van der Waals surface area contributed by atoms with Crippen molar-refractivity contribution in [2.45, 2.75) is 26.2 Å². The van der Waals surface area contributed by atoms with Crippen molar-refractivity contribution >= 4 is 44.9 Å². The highest BCUT2D eigenvalue weighted by Crippen LogP contribution is 2.38. The zero-order chi connectivity index (χ0) is 22.2. The Morgan fingerprint density at radius 2 is 2.10 bits per heavy atom. The van der Waals surface area contributed by atoms with Gasteiger partial charge in [-0.1, -0.05) is 51.4 Å². The zero-order valence-electron chi connectivity index (χ0n) is 17.7. The molecule has 3 N–H and O–H groups in total. The number of benzene rings is 1. The number of hydrogen-bond donors (Lipinski definition) is 2. The highest BCUT2D eigenvalue weighted by molar-refractivity contribution is 8.76. The van der Waals surface area contributed by atoms with Crippen molar-refractivity contribution in [3.05, 3.63) is 63.3 Å². The van der Waals surface area contributed by atoms with Gasteiger partial charge < -0.3 is 20.5 Å². The van der Waals surface area contributed by atoms with Gasteiger partial charge in [-0.25, -0.2) is 4.79 Å². The zero-order valence-corrected chi connectivity index (χ0v) is 20.1. The van der Waals surface area contributed by atoms with Gasteiger partial charge in [0.25, 0.3) is 0 Å². The molecule has 1 aliphatic heterocycles. The van der Waals surface area contributed by atoms with Crippen LogP contribution >= 0.6 is 33.2 Å². The molecule has 0 aromatic heterocycles. The van der Waals surface area contributed by atoms with Crippen molar-refractivity contribution in [3.63, 3.8) is 0 Å². The van der Waals surface area contributed by atoms with Gasteiger partial charge in [-0.2, -0.15) is 0 Å². The Balaban J connectivity index is 1.78. The number of carbonyl (C=O) groups is 1. The Morgan fingerprint density at radius 1 is 1.29 bits per heavy atom. The molecule has 1 amide bonds. The molecule has 5 nitrogen and oxygen atoms in total. The topological polar surface area (TPSA) is 75.8 Å². The van der Waals surface area contributed by atoms with Crippen LogP contribution in [-0.4, -0.2) is 53.9 Å². The number of carbonyl (C=O) groups excluding carboxylic acids is 1. The van der Waals surface area contributed by atoms with Crippen LogP contribution in [0.15, 0.2) is 47.2 Å². The summed E-state index contributed by atoms with van der Waals surface area (Å²) in [7, 11) is 3.18. The van der Waals surface area contributed by atoms with E-state index in [4.69, 9.17) is 27.2 Å². The minimum atomic E-state index is -0.287. The number of aliphatic hydroxyl groups is 1. The molecule has 1 heterocycles. The van der Waals surface area contributed by atoms with E-state index in [0.717, 1.165) is 52.3 Å². The van der Waals surface area contributed by atoms with Crippen molar-refractivity contribution in [3.8, 4) is 0 Å². The van der Waals surface area contributed by atoms with Gasteiger partial charge in [0.2, 0.25) is 0 Å². The quantitative estimate of drug-likeness (QED) is 0.420. The summed E-state index contributed by atoms with van der Waals surface area (Å²) in [4.78, 5) is 14.3. The molecule has 8 heteroatoms. The summed E-state index contributed by atoms with van der Waals surface area (Å²) in [5.74, 6) is 1.38. The Hall–Kier alpha value is -1.54. The smallest absolute Gasteiger partial charge is 0.410 e. The number of amides is 1. The number of allylic oxidation sites excluding steroid dienone is 4. The summed E-state index contributed by atoms with van der Waals surface area (Å²) >= 11 is 6.26. The summed E-state index contributed by atoms with van der Waals surface area (Å²) < 4.78 is 5.43. The van der Waals surface area contributed by atoms with Crippen LogP contribution in [0.1, 0.15) is 30.9 Å². The first kappa shape index (κ1) is 24.1. The van der Waals surface area contributed by atoms with Crippen LogP contribution in [-0.2, 0) is 11.2 Å². The van der Waals surface area contributed by atoms with Crippen molar-refractivity contribution in [1.29, 1.82) is 0 Å². The molecule has 0 radical (unpaired) electrons. The third-order valence-electron chi connectivity index (χ3n) is 5.31. The van der Waals surface area contributed by atoms with Crippen LogP contribution in [0, 0.1) is 0 Å². The number of halogens is 1. The van der Waals surface area contributed by atoms with Gasteiger partial charge in [0.05, 0.1) is 6.61 Å². The van der Waals surface area contributed by atoms with E-state index >= 15 is 0 Å². The summed E-state index contributed by atoms with van der Waals surface area (Å²) in [5.41, 5.74) is 13.1. The second kappa shape index (κ2) is 11.9. The van der Waals surface area contributed by atoms with Crippen molar-refractivity contribution in [2.75, 3.05) is 37.8 Å². The maximum atomic E-state index is 12.5. The SMILES string of the molecule is C/C=C\C1=C(N)C(=C2\CCN(C(=O)OCCSSCCO)C2)/c2ccc(Cl)cc2CC1. The highest BCUT2D eigenvalue weighted by atomic mass is 35.5. The monoisotopic (exact) mass is 480 g/mol. The Labute approximate surface area is 197 Å². The van der Waals surface area contributed by atoms with Crippen LogP contribution in [0.4, 0.5) is 4.79 Å². The summed E-state index contributed by atoms with van der Waals surface area (Å²) in [6, 6.07) is 5.98. The van der Waals surface area contributed by atoms with Crippen molar-refractivity contribution < 1.29 is 14.6 Å². The van der Waals surface area contributed by atoms with Gasteiger partial charge in [-0.15, -0.1) is 0 Å². The molecule has 3 rings (SSSR count). The Bertz CT molecular complexity index is 899. The van der Waals surface area contributed by atoms with Gasteiger partial charge in [-0.3, -0.25) is 0 Å². The van der Waals surface area contributed by atoms with E-state index in [2.05, 4.69) is 6.08 Å². The molecule has 0 bridgehead atoms. The fourth-order valence-electron chi connectivity index (χ4n) is 3.91. The lowest BCUT2D eigenvalue weighted by Gasteiger charge is -2.17. The fourth-order valence-corrected chi connectivity index (χ4v) is 5.70. The second-order valence-electron chi connectivity index (χ2n) is 7.37. The maximum Gasteiger partial charge on any atom is 0.410 e. The van der Waals surface area contributed by atoms with E-state index in [1.807, 2.05) is 31.2 Å². The molecule has 2 aliphatic rings. The molecule has 1 saturated heterocycles. The average Bonchev–Trinajstić information content (AvgIpc) is 3.20. The number of likely N-dealkylation sites (tertiary alicyclic amines) is 1. The summed E-state index contributed by atoms with van der Waals surface area (Å²) in [5, 5.41) is 9.52. The Kier molecular flexibility index (Phi) is 9.26. The lowest BCUT2D eigenvalue weighted by atomic mass is 9.93. The largest absolute Gasteiger partial charge is 0.448 e. The minimum Gasteiger partial charge on any atom is -0.448 e. The third-order valence-corrected chi connectivity index (χ3v) is 7.89. The molecule has 1 aromatic rings. The standard InChI is InChI=1S/C23H29ClN2O3S2/c1-2-3-16-4-5-17-14-19(24)6-7-20(17)21(22(16)25)18-8-9-26(15-18)23(28)29-11-13-31-30-12-10-27/h2-3,6-7,14,27H,4-5,8-13,15,25H2,1H3/b3-2-,21-18+. The van der Waals surface area contributed by atoms with Crippen LogP contribution in [0.3, 0.4) is 0 Å². The molecule has 0 saturated carbocycles. The van der Waals surface area contributed by atoms with E-state index in [9.17, 15) is 4.79 Å². The van der Waals surface area contributed by atoms with E-state index in [0.29, 0.717) is 31.2 Å². The van der Waals surface area contributed by atoms with Crippen molar-refractivity contribution in [2.24, 2.45) is 5.73 Å². The normalized spacial score (nSPS) is 19.1. The molecule has 0 spiro atoms. The molecule has 0 atom stereocenters. The van der Waals surface area contributed by atoms with E-state index < -0.39 is 0 Å². The maximum absolute atomic E-state index is 12.5. The summed E-state index contributed by atoms with van der Waals surface area (Å²) in [6.45, 7) is 3.66. The van der Waals surface area contributed by atoms with Gasteiger partial charge in [0.1, 0.15) is 6.61 Å². The van der Waals surface area contributed by atoms with Crippen LogP contribution in [0.2, 0.25) is 5.02 Å². The van der Waals surface area contributed by atoms with Gasteiger partial charge in [-0.05, 0) is 60.6 Å². The molecular formula is C23H29ClN2O3S2. The molecular weight excluding hydrogens is 452 g/mol. The predicted octanol–water partition coefficient (Wildman–Crippen LogP) is 5.04. The lowest BCUT2D eigenvalue weighted by molar-refractivity contribution is 0.117. The lowest BCUT2D eigenvalue weighted by Crippen LogP contribution is -2.29. The molecule has 1 aromatic carbocycles. The van der Waals surface area contributed by atoms with E-state index in [1.165, 1.54) is 5.56 Å². The number of hydrogen-bond acceptors (Lipinski definition) is 6. The fraction of sp³-hybridized carbons (Fsp3) is 0.435. The first-order valence-corrected chi connectivity index (χ1v) is 13.3. The van der Waals surface area contributed by atoms with Crippen LogP contribution in [0.25, 0.3) is 5.57 Å². The van der Waals surface area contributed by atoms with Crippen LogP contribution in [0.5, 0.6) is 0 Å². The average molecular weight is 481 g/mol. The minimum absolute atomic E-state index is 0.158. The number of ether oxygens (including phenoxy) is 1. The Morgan fingerprint density at radius 3 is 2.87 bits per heavy atom. The number of aryl methyl sites for hydroxylation is 1. The number of nitrogens with two attached hydrogens (primary N) is 1. The second-order valence-corrected chi connectivity index (χ2v) is 10.5. The van der Waals surface area contributed by atoms with Gasteiger partial charge >= 0.3 is 6.09 Å². The summed E-state index contributed by atoms with van der Waals surface area (Å²) in [6.07, 6.45) is 6.32. The van der Waals surface area contributed by atoms with E-state index in [-0.39, 0.29) is 12.7 Å². The molecule has 1 aliphatic carbocycles.